The molecule has 164 valence electrons. The van der Waals surface area contributed by atoms with Crippen molar-refractivity contribution >= 4 is 35.2 Å². The zero-order chi connectivity index (χ0) is 22.5. The topological polar surface area (TPSA) is 62.0 Å². The van der Waals surface area contributed by atoms with Crippen molar-refractivity contribution in [3.8, 4) is 5.69 Å². The summed E-state index contributed by atoms with van der Waals surface area (Å²) in [5, 5.41) is 8.83. The molecule has 3 aromatic rings. The number of fused-ring (bicyclic) bond motifs is 1. The normalized spacial score (nSPS) is 19.2. The summed E-state index contributed by atoms with van der Waals surface area (Å²) >= 11 is 12.5. The zero-order valence-electron chi connectivity index (χ0n) is 17.8. The lowest BCUT2D eigenvalue weighted by molar-refractivity contribution is 0.219. The molecule has 32 heavy (non-hydrogen) atoms. The zero-order valence-corrected chi connectivity index (χ0v) is 19.3. The Bertz CT molecular complexity index is 1260. The van der Waals surface area contributed by atoms with Crippen LogP contribution in [0.25, 0.3) is 5.69 Å². The number of hydrogen-bond donors (Lipinski definition) is 1. The van der Waals surface area contributed by atoms with Crippen LogP contribution in [0.3, 0.4) is 0 Å². The van der Waals surface area contributed by atoms with Crippen LogP contribution in [0, 0.1) is 17.7 Å². The molecular formula is C25H24Cl2N4O. The number of piperidine rings is 1. The van der Waals surface area contributed by atoms with Crippen LogP contribution < -0.4 is 10.5 Å². The highest BCUT2D eigenvalue weighted by Gasteiger charge is 2.46. The molecule has 5 nitrogen and oxygen atoms in total. The van der Waals surface area contributed by atoms with Gasteiger partial charge in [0.2, 0.25) is 0 Å². The van der Waals surface area contributed by atoms with E-state index in [1.54, 1.807) is 30.5 Å². The summed E-state index contributed by atoms with van der Waals surface area (Å²) in [7, 11) is 0. The van der Waals surface area contributed by atoms with Gasteiger partial charge in [-0.3, -0.25) is 9.36 Å². The van der Waals surface area contributed by atoms with Gasteiger partial charge in [-0.05, 0) is 54.9 Å². The first-order valence-electron chi connectivity index (χ1n) is 10.8. The van der Waals surface area contributed by atoms with Gasteiger partial charge in [-0.2, -0.15) is 0 Å². The van der Waals surface area contributed by atoms with E-state index >= 15 is 0 Å². The fourth-order valence-corrected chi connectivity index (χ4v) is 5.84. The van der Waals surface area contributed by atoms with Crippen LogP contribution in [-0.4, -0.2) is 28.9 Å². The third-order valence-corrected chi connectivity index (χ3v) is 7.90. The number of aromatic nitrogens is 2. The summed E-state index contributed by atoms with van der Waals surface area (Å²) in [5.41, 5.74) is 3.11. The average Bonchev–Trinajstić information content (AvgIpc) is 3.09. The predicted molar refractivity (Wildman–Crippen MR) is 130 cm³/mol. The van der Waals surface area contributed by atoms with Crippen molar-refractivity contribution in [1.82, 2.24) is 9.55 Å². The molecule has 2 aromatic carbocycles. The van der Waals surface area contributed by atoms with Gasteiger partial charge in [0.15, 0.2) is 0 Å². The number of halogens is 2. The fraction of sp³-hybridized carbons (Fsp3) is 0.320. The second-order valence-electron chi connectivity index (χ2n) is 8.78. The summed E-state index contributed by atoms with van der Waals surface area (Å²) < 4.78 is 1.50. The Labute approximate surface area is 197 Å². The second kappa shape index (κ2) is 8.05. The minimum absolute atomic E-state index is 0.0836. The van der Waals surface area contributed by atoms with Crippen LogP contribution in [0.1, 0.15) is 35.7 Å². The van der Waals surface area contributed by atoms with Crippen molar-refractivity contribution in [2.24, 2.45) is 5.41 Å². The lowest BCUT2D eigenvalue weighted by Gasteiger charge is -2.42. The molecule has 2 aliphatic rings. The molecule has 1 atom stereocenters. The molecular weight excluding hydrogens is 443 g/mol. The van der Waals surface area contributed by atoms with Crippen LogP contribution in [0.15, 0.2) is 53.3 Å². The van der Waals surface area contributed by atoms with Gasteiger partial charge < -0.3 is 10.3 Å². The van der Waals surface area contributed by atoms with E-state index in [1.807, 2.05) is 6.92 Å². The number of anilines is 1. The Hall–Kier alpha value is -2.63. The molecule has 1 fully saturated rings. The van der Waals surface area contributed by atoms with E-state index in [9.17, 15) is 4.79 Å². The predicted octanol–water partition coefficient (Wildman–Crippen LogP) is 5.42. The molecule has 0 bridgehead atoms. The molecule has 0 unspecified atom stereocenters. The summed E-state index contributed by atoms with van der Waals surface area (Å²) in [4.78, 5) is 20.0. The standard InChI is InChI=1S/C25H24Cl2N4O/c1-16-29-22(13-23(32)31(16)21-8-4-7-20(26)24(21)27)30-11-9-25(10-12-30)14-17-5-2-3-6-18(17)19(25)15-28/h2-8,13,15,19,28H,9-12,14H2,1H3/t19-/m1/s1. The molecule has 0 amide bonds. The highest BCUT2D eigenvalue weighted by Crippen LogP contribution is 2.52. The van der Waals surface area contributed by atoms with Gasteiger partial charge in [-0.25, -0.2) is 4.98 Å². The molecule has 1 spiro atoms. The summed E-state index contributed by atoms with van der Waals surface area (Å²) in [5.74, 6) is 1.43. The van der Waals surface area contributed by atoms with Crippen LogP contribution in [0.2, 0.25) is 10.0 Å². The number of nitrogens with zero attached hydrogens (tertiary/aromatic N) is 3. The Balaban J connectivity index is 1.41. The van der Waals surface area contributed by atoms with E-state index < -0.39 is 0 Å². The molecule has 1 N–H and O–H groups in total. The molecule has 2 heterocycles. The van der Waals surface area contributed by atoms with Crippen LogP contribution in [-0.2, 0) is 6.42 Å². The van der Waals surface area contributed by atoms with Gasteiger partial charge in [-0.15, -0.1) is 0 Å². The van der Waals surface area contributed by atoms with Gasteiger partial charge >= 0.3 is 0 Å². The highest BCUT2D eigenvalue weighted by molar-refractivity contribution is 6.43. The summed E-state index contributed by atoms with van der Waals surface area (Å²) in [6, 6.07) is 15.3. The Morgan fingerprint density at radius 1 is 1.12 bits per heavy atom. The molecule has 1 aliphatic carbocycles. The van der Waals surface area contributed by atoms with Crippen LogP contribution in [0.4, 0.5) is 5.82 Å². The lowest BCUT2D eigenvalue weighted by Crippen LogP contribution is -2.43. The minimum atomic E-state index is -0.178. The van der Waals surface area contributed by atoms with Gasteiger partial charge in [0.1, 0.15) is 11.6 Å². The maximum absolute atomic E-state index is 13.0. The van der Waals surface area contributed by atoms with Gasteiger partial charge in [-0.1, -0.05) is 53.5 Å². The van der Waals surface area contributed by atoms with Crippen molar-refractivity contribution in [3.63, 3.8) is 0 Å². The number of rotatable bonds is 3. The van der Waals surface area contributed by atoms with E-state index in [0.717, 1.165) is 32.4 Å². The maximum atomic E-state index is 13.0. The van der Waals surface area contributed by atoms with E-state index in [-0.39, 0.29) is 16.9 Å². The first kappa shape index (κ1) is 21.2. The van der Waals surface area contributed by atoms with Crippen LogP contribution in [0.5, 0.6) is 0 Å². The first-order valence-corrected chi connectivity index (χ1v) is 11.6. The van der Waals surface area contributed by atoms with Crippen molar-refractivity contribution in [2.45, 2.75) is 32.1 Å². The first-order chi connectivity index (χ1) is 15.4. The lowest BCUT2D eigenvalue weighted by atomic mass is 9.69. The third-order valence-electron chi connectivity index (χ3n) is 7.09. The van der Waals surface area contributed by atoms with Crippen molar-refractivity contribution in [2.75, 3.05) is 18.0 Å². The Morgan fingerprint density at radius 3 is 2.59 bits per heavy atom. The van der Waals surface area contributed by atoms with Gasteiger partial charge in [0.05, 0.1) is 15.7 Å². The second-order valence-corrected chi connectivity index (χ2v) is 9.56. The monoisotopic (exact) mass is 466 g/mol. The largest absolute Gasteiger partial charge is 0.356 e. The smallest absolute Gasteiger partial charge is 0.260 e. The Morgan fingerprint density at radius 2 is 1.88 bits per heavy atom. The van der Waals surface area contributed by atoms with Crippen molar-refractivity contribution in [3.05, 3.63) is 85.9 Å². The quantitative estimate of drug-likeness (QED) is 0.523. The fourth-order valence-electron chi connectivity index (χ4n) is 5.46. The minimum Gasteiger partial charge on any atom is -0.356 e. The molecule has 0 saturated carbocycles. The Kier molecular flexibility index (Phi) is 5.34. The SMILES string of the molecule is Cc1nc(N2CCC3(CC2)Cc2ccccc2[C@H]3C=N)cc(=O)n1-c1cccc(Cl)c1Cl. The molecule has 1 aromatic heterocycles. The van der Waals surface area contributed by atoms with Crippen molar-refractivity contribution < 1.29 is 0 Å². The van der Waals surface area contributed by atoms with E-state index in [0.29, 0.717) is 27.4 Å². The molecule has 1 aliphatic heterocycles. The highest BCUT2D eigenvalue weighted by atomic mass is 35.5. The number of aryl methyl sites for hydroxylation is 1. The van der Waals surface area contributed by atoms with E-state index in [4.69, 9.17) is 33.6 Å². The average molecular weight is 467 g/mol. The number of hydrogen-bond acceptors (Lipinski definition) is 4. The molecule has 5 rings (SSSR count). The van der Waals surface area contributed by atoms with E-state index in [2.05, 4.69) is 29.2 Å². The maximum Gasteiger partial charge on any atom is 0.260 e. The molecule has 0 radical (unpaired) electrons. The van der Waals surface area contributed by atoms with Gasteiger partial charge in [0.25, 0.3) is 5.56 Å². The molecule has 7 heteroatoms. The number of benzene rings is 2. The summed E-state index contributed by atoms with van der Waals surface area (Å²) in [6.07, 6.45) is 4.56. The number of nitrogens with one attached hydrogen (secondary N) is 1. The van der Waals surface area contributed by atoms with Crippen molar-refractivity contribution in [1.29, 1.82) is 5.41 Å². The van der Waals surface area contributed by atoms with Gasteiger partial charge in [0, 0.05) is 31.3 Å². The van der Waals surface area contributed by atoms with Crippen LogP contribution >= 0.6 is 23.2 Å². The molecule has 1 saturated heterocycles. The van der Waals surface area contributed by atoms with E-state index in [1.165, 1.54) is 15.7 Å². The summed E-state index contributed by atoms with van der Waals surface area (Å²) in [6.45, 7) is 3.44. The third kappa shape index (κ3) is 3.35.